The van der Waals surface area contributed by atoms with Crippen LogP contribution in [0.5, 0.6) is 0 Å². The Balaban J connectivity index is 1.95. The minimum absolute atomic E-state index is 0.0269. The number of carbonyl (C=O) groups excluding carboxylic acids is 1. The van der Waals surface area contributed by atoms with Crippen molar-refractivity contribution < 1.29 is 9.21 Å². The van der Waals surface area contributed by atoms with Crippen molar-refractivity contribution in [1.82, 2.24) is 25.1 Å². The second-order valence-corrected chi connectivity index (χ2v) is 5.23. The molecule has 2 N–H and O–H groups in total. The van der Waals surface area contributed by atoms with Crippen molar-refractivity contribution in [1.29, 1.82) is 0 Å². The van der Waals surface area contributed by atoms with Gasteiger partial charge in [0.1, 0.15) is 5.69 Å². The molecule has 0 unspecified atom stereocenters. The summed E-state index contributed by atoms with van der Waals surface area (Å²) < 4.78 is 5.38. The van der Waals surface area contributed by atoms with Crippen LogP contribution in [0.15, 0.2) is 53.1 Å². The molecule has 124 valence electrons. The fraction of sp³-hybridized carbons (Fsp3) is 0.0625. The van der Waals surface area contributed by atoms with Gasteiger partial charge in [0.15, 0.2) is 11.3 Å². The Bertz CT molecular complexity index is 1040. The van der Waals surface area contributed by atoms with Gasteiger partial charge in [0.25, 0.3) is 0 Å². The van der Waals surface area contributed by atoms with E-state index in [9.17, 15) is 4.79 Å². The second kappa shape index (κ2) is 5.71. The molecule has 1 amide bonds. The predicted molar refractivity (Wildman–Crippen MR) is 90.2 cm³/mol. The number of fused-ring (bicyclic) bond motifs is 1. The minimum Gasteiger partial charge on any atom is -0.463 e. The number of carbonyl (C=O) groups is 1. The summed E-state index contributed by atoms with van der Waals surface area (Å²) in [6.45, 7) is 1.43. The molecule has 9 nitrogen and oxygen atoms in total. The molecule has 0 aliphatic rings. The number of furan rings is 1. The van der Waals surface area contributed by atoms with Gasteiger partial charge in [-0.3, -0.25) is 4.79 Å². The summed E-state index contributed by atoms with van der Waals surface area (Å²) in [5.41, 5.74) is 7.56. The van der Waals surface area contributed by atoms with Crippen molar-refractivity contribution in [3.8, 4) is 11.5 Å². The summed E-state index contributed by atoms with van der Waals surface area (Å²) in [6.07, 6.45) is 1.52. The van der Waals surface area contributed by atoms with Gasteiger partial charge in [-0.05, 0) is 29.5 Å². The van der Waals surface area contributed by atoms with Crippen molar-refractivity contribution >= 4 is 28.7 Å². The number of hydrogen-bond acceptors (Lipinski definition) is 7. The van der Waals surface area contributed by atoms with E-state index in [4.69, 9.17) is 10.2 Å². The maximum absolute atomic E-state index is 12.2. The maximum Gasteiger partial charge on any atom is 0.244 e. The van der Waals surface area contributed by atoms with E-state index >= 15 is 0 Å². The number of benzene rings is 1. The molecule has 0 aliphatic carbocycles. The highest BCUT2D eigenvalue weighted by molar-refractivity contribution is 5.93. The molecule has 25 heavy (non-hydrogen) atoms. The quantitative estimate of drug-likeness (QED) is 0.607. The molecule has 0 bridgehead atoms. The molecule has 0 saturated heterocycles. The predicted octanol–water partition coefficient (Wildman–Crippen LogP) is 1.88. The zero-order valence-electron chi connectivity index (χ0n) is 13.2. The first kappa shape index (κ1) is 14.8. The number of nitrogens with two attached hydrogens (primary N) is 1. The topological polar surface area (TPSA) is 116 Å². The van der Waals surface area contributed by atoms with E-state index in [0.717, 1.165) is 0 Å². The van der Waals surface area contributed by atoms with Crippen molar-refractivity contribution in [2.45, 2.75) is 6.92 Å². The zero-order valence-corrected chi connectivity index (χ0v) is 13.2. The van der Waals surface area contributed by atoms with E-state index in [1.807, 2.05) is 18.2 Å². The second-order valence-electron chi connectivity index (χ2n) is 5.23. The Morgan fingerprint density at radius 3 is 2.64 bits per heavy atom. The monoisotopic (exact) mass is 335 g/mol. The highest BCUT2D eigenvalue weighted by Crippen LogP contribution is 2.26. The van der Waals surface area contributed by atoms with Gasteiger partial charge < -0.3 is 10.2 Å². The highest BCUT2D eigenvalue weighted by atomic mass is 16.3. The molecule has 0 spiro atoms. The molecule has 4 rings (SSSR count). The van der Waals surface area contributed by atoms with Gasteiger partial charge in [0.2, 0.25) is 17.5 Å². The standard InChI is InChI=1S/C16H13N7O2/c1-10(24)22(11-6-3-2-4-7-11)23-15-14(20-21-23)13(18-16(17)19-15)12-8-5-9-25-12/h2-9H,1H3,(H2,17,18,19). The van der Waals surface area contributed by atoms with E-state index < -0.39 is 0 Å². The molecule has 1 aromatic carbocycles. The van der Waals surface area contributed by atoms with E-state index in [-0.39, 0.29) is 11.9 Å². The van der Waals surface area contributed by atoms with Crippen LogP contribution in [0.25, 0.3) is 22.6 Å². The van der Waals surface area contributed by atoms with Crippen LogP contribution in [0, 0.1) is 0 Å². The van der Waals surface area contributed by atoms with Gasteiger partial charge >= 0.3 is 0 Å². The van der Waals surface area contributed by atoms with Gasteiger partial charge in [0.05, 0.1) is 12.0 Å². The van der Waals surface area contributed by atoms with E-state index in [1.54, 1.807) is 24.3 Å². The summed E-state index contributed by atoms with van der Waals surface area (Å²) in [4.78, 5) is 21.9. The zero-order chi connectivity index (χ0) is 17.4. The van der Waals surface area contributed by atoms with Crippen LogP contribution in [0.3, 0.4) is 0 Å². The SMILES string of the molecule is CC(=O)N(c1ccccc1)n1nnc2c(-c3ccco3)nc(N)nc21. The number of nitrogen functional groups attached to an aromatic ring is 1. The third-order valence-electron chi connectivity index (χ3n) is 3.54. The first-order valence-electron chi connectivity index (χ1n) is 7.44. The molecule has 4 aromatic rings. The van der Waals surface area contributed by atoms with Gasteiger partial charge in [-0.1, -0.05) is 18.2 Å². The fourth-order valence-corrected chi connectivity index (χ4v) is 2.53. The Kier molecular flexibility index (Phi) is 3.38. The smallest absolute Gasteiger partial charge is 0.244 e. The molecule has 3 heterocycles. The number of para-hydroxylation sites is 1. The molecular weight excluding hydrogens is 322 g/mol. The van der Waals surface area contributed by atoms with Crippen LogP contribution >= 0.6 is 0 Å². The Hall–Kier alpha value is -3.75. The average molecular weight is 335 g/mol. The maximum atomic E-state index is 12.2. The van der Waals surface area contributed by atoms with Crippen molar-refractivity contribution in [2.24, 2.45) is 0 Å². The lowest BCUT2D eigenvalue weighted by atomic mass is 10.3. The number of aromatic nitrogens is 5. The Morgan fingerprint density at radius 2 is 1.96 bits per heavy atom. The van der Waals surface area contributed by atoms with E-state index in [2.05, 4.69) is 20.3 Å². The van der Waals surface area contributed by atoms with Crippen LogP contribution in [-0.4, -0.2) is 31.0 Å². The molecule has 0 aliphatic heterocycles. The average Bonchev–Trinajstić information content (AvgIpc) is 3.26. The van der Waals surface area contributed by atoms with Crippen LogP contribution in [0.4, 0.5) is 11.6 Å². The van der Waals surface area contributed by atoms with Crippen molar-refractivity contribution in [3.05, 3.63) is 48.7 Å². The molecule has 0 fully saturated rings. The molecule has 9 heteroatoms. The number of anilines is 2. The molecule has 0 atom stereocenters. The van der Waals surface area contributed by atoms with Gasteiger partial charge in [-0.2, -0.15) is 9.99 Å². The highest BCUT2D eigenvalue weighted by Gasteiger charge is 2.23. The third-order valence-corrected chi connectivity index (χ3v) is 3.54. The van der Waals surface area contributed by atoms with Crippen LogP contribution < -0.4 is 10.7 Å². The summed E-state index contributed by atoms with van der Waals surface area (Å²) in [6, 6.07) is 12.5. The first-order valence-corrected chi connectivity index (χ1v) is 7.44. The lowest BCUT2D eigenvalue weighted by Crippen LogP contribution is -2.35. The number of rotatable bonds is 3. The summed E-state index contributed by atoms with van der Waals surface area (Å²) in [5.74, 6) is 0.258. The minimum atomic E-state index is -0.255. The Labute approximate surface area is 141 Å². The first-order chi connectivity index (χ1) is 12.1. The lowest BCUT2D eigenvalue weighted by molar-refractivity contribution is -0.117. The normalized spacial score (nSPS) is 10.9. The van der Waals surface area contributed by atoms with E-state index in [0.29, 0.717) is 28.3 Å². The van der Waals surface area contributed by atoms with Gasteiger partial charge in [0, 0.05) is 6.92 Å². The number of amides is 1. The van der Waals surface area contributed by atoms with Crippen molar-refractivity contribution in [2.75, 3.05) is 10.7 Å². The number of nitrogens with zero attached hydrogens (tertiary/aromatic N) is 6. The van der Waals surface area contributed by atoms with Crippen LogP contribution in [-0.2, 0) is 4.79 Å². The molecule has 0 radical (unpaired) electrons. The van der Waals surface area contributed by atoms with Gasteiger partial charge in [-0.25, -0.2) is 4.98 Å². The molecular formula is C16H13N7O2. The summed E-state index contributed by atoms with van der Waals surface area (Å²) >= 11 is 0. The Morgan fingerprint density at radius 1 is 1.16 bits per heavy atom. The fourth-order valence-electron chi connectivity index (χ4n) is 2.53. The van der Waals surface area contributed by atoms with Gasteiger partial charge in [-0.15, -0.1) is 9.89 Å². The van der Waals surface area contributed by atoms with Crippen LogP contribution in [0.1, 0.15) is 6.92 Å². The third kappa shape index (κ3) is 2.47. The molecule has 0 saturated carbocycles. The van der Waals surface area contributed by atoms with Crippen LogP contribution in [0.2, 0.25) is 0 Å². The summed E-state index contributed by atoms with van der Waals surface area (Å²) in [5, 5.41) is 9.55. The largest absolute Gasteiger partial charge is 0.463 e. The summed E-state index contributed by atoms with van der Waals surface area (Å²) in [7, 11) is 0. The number of hydrogen-bond donors (Lipinski definition) is 1. The van der Waals surface area contributed by atoms with Crippen molar-refractivity contribution in [3.63, 3.8) is 0 Å². The molecule has 3 aromatic heterocycles. The van der Waals surface area contributed by atoms with E-state index in [1.165, 1.54) is 23.0 Å². The lowest BCUT2D eigenvalue weighted by Gasteiger charge is -2.20.